The fraction of sp³-hybridized carbons (Fsp3) is 0.261. The van der Waals surface area contributed by atoms with Gasteiger partial charge in [0.2, 0.25) is 0 Å². The van der Waals surface area contributed by atoms with Crippen molar-refractivity contribution >= 4 is 23.0 Å². The molecule has 0 spiro atoms. The van der Waals surface area contributed by atoms with Crippen LogP contribution in [0.1, 0.15) is 41.7 Å². The summed E-state index contributed by atoms with van der Waals surface area (Å²) in [5.41, 5.74) is 5.87. The van der Waals surface area contributed by atoms with Crippen molar-refractivity contribution < 1.29 is 19.2 Å². The quantitative estimate of drug-likeness (QED) is 0.376. The molecular weight excluding hydrogens is 368 g/mol. The first-order valence-electron chi connectivity index (χ1n) is 9.10. The molecule has 0 bridgehead atoms. The maximum atomic E-state index is 12.2. The number of carbonyl (C=O) groups excluding carboxylic acids is 1. The predicted molar refractivity (Wildman–Crippen MR) is 115 cm³/mol. The molecule has 0 saturated carbocycles. The van der Waals surface area contributed by atoms with Crippen molar-refractivity contribution in [2.75, 3.05) is 14.2 Å². The zero-order chi connectivity index (χ0) is 21.4. The topological polar surface area (TPSA) is 69.5 Å². The Balaban J connectivity index is 2.40. The van der Waals surface area contributed by atoms with Gasteiger partial charge in [0.15, 0.2) is 5.71 Å². The van der Waals surface area contributed by atoms with Gasteiger partial charge in [-0.05, 0) is 31.9 Å². The van der Waals surface area contributed by atoms with E-state index in [0.717, 1.165) is 33.5 Å². The minimum Gasteiger partial charge on any atom is -0.464 e. The SMILES string of the molecule is C=C(C)c1cccc(/C(=N\OC)C(=O)OC)c1CO/N=C(\C)c1cccc(C)c1. The van der Waals surface area contributed by atoms with E-state index in [0.29, 0.717) is 5.56 Å². The van der Waals surface area contributed by atoms with E-state index in [2.05, 4.69) is 16.9 Å². The number of nitrogens with zero attached hydrogens (tertiary/aromatic N) is 2. The second kappa shape index (κ2) is 10.2. The summed E-state index contributed by atoms with van der Waals surface area (Å²) < 4.78 is 4.85. The monoisotopic (exact) mass is 394 g/mol. The molecule has 0 aliphatic carbocycles. The number of ether oxygens (including phenoxy) is 1. The van der Waals surface area contributed by atoms with E-state index in [4.69, 9.17) is 14.4 Å². The summed E-state index contributed by atoms with van der Waals surface area (Å²) in [7, 11) is 2.67. The summed E-state index contributed by atoms with van der Waals surface area (Å²) in [6, 6.07) is 13.5. The Bertz CT molecular complexity index is 961. The number of hydrogen-bond donors (Lipinski definition) is 0. The Labute approximate surface area is 171 Å². The smallest absolute Gasteiger partial charge is 0.360 e. The van der Waals surface area contributed by atoms with Gasteiger partial charge in [-0.2, -0.15) is 0 Å². The highest BCUT2D eigenvalue weighted by molar-refractivity contribution is 6.43. The third-order valence-corrected chi connectivity index (χ3v) is 4.30. The van der Waals surface area contributed by atoms with E-state index in [1.165, 1.54) is 14.2 Å². The van der Waals surface area contributed by atoms with Crippen LogP contribution in [0.5, 0.6) is 0 Å². The maximum absolute atomic E-state index is 12.2. The van der Waals surface area contributed by atoms with Crippen LogP contribution in [0.3, 0.4) is 0 Å². The van der Waals surface area contributed by atoms with E-state index < -0.39 is 5.97 Å². The van der Waals surface area contributed by atoms with Gasteiger partial charge in [-0.25, -0.2) is 4.79 Å². The molecule has 0 unspecified atom stereocenters. The van der Waals surface area contributed by atoms with Gasteiger partial charge in [-0.3, -0.25) is 0 Å². The molecule has 0 heterocycles. The van der Waals surface area contributed by atoms with Gasteiger partial charge >= 0.3 is 5.97 Å². The Hall–Kier alpha value is -3.41. The number of oxime groups is 2. The lowest BCUT2D eigenvalue weighted by Crippen LogP contribution is -2.20. The molecule has 0 saturated heterocycles. The van der Waals surface area contributed by atoms with E-state index in [1.807, 2.05) is 57.2 Å². The van der Waals surface area contributed by atoms with Crippen molar-refractivity contribution in [3.05, 3.63) is 76.9 Å². The Morgan fingerprint density at radius 3 is 2.34 bits per heavy atom. The number of methoxy groups -OCH3 is 1. The second-order valence-electron chi connectivity index (χ2n) is 6.55. The zero-order valence-corrected chi connectivity index (χ0v) is 17.5. The van der Waals surface area contributed by atoms with Gasteiger partial charge in [0, 0.05) is 11.1 Å². The van der Waals surface area contributed by atoms with E-state index in [-0.39, 0.29) is 12.3 Å². The first-order valence-corrected chi connectivity index (χ1v) is 9.10. The molecule has 0 N–H and O–H groups in total. The van der Waals surface area contributed by atoms with Crippen molar-refractivity contribution in [2.45, 2.75) is 27.4 Å². The van der Waals surface area contributed by atoms with Crippen molar-refractivity contribution in [3.63, 3.8) is 0 Å². The average Bonchev–Trinajstić information content (AvgIpc) is 2.71. The molecule has 29 heavy (non-hydrogen) atoms. The van der Waals surface area contributed by atoms with Crippen molar-refractivity contribution in [3.8, 4) is 0 Å². The summed E-state index contributed by atoms with van der Waals surface area (Å²) in [6.45, 7) is 9.94. The molecule has 0 atom stereocenters. The van der Waals surface area contributed by atoms with Crippen LogP contribution >= 0.6 is 0 Å². The first kappa shape index (κ1) is 21.9. The Morgan fingerprint density at radius 1 is 1.03 bits per heavy atom. The molecule has 0 aliphatic heterocycles. The lowest BCUT2D eigenvalue weighted by atomic mass is 9.94. The largest absolute Gasteiger partial charge is 0.464 e. The minimum atomic E-state index is -0.605. The van der Waals surface area contributed by atoms with Crippen molar-refractivity contribution in [1.82, 2.24) is 0 Å². The third-order valence-electron chi connectivity index (χ3n) is 4.30. The van der Waals surface area contributed by atoms with Crippen LogP contribution in [-0.2, 0) is 25.8 Å². The van der Waals surface area contributed by atoms with E-state index in [1.54, 1.807) is 6.07 Å². The molecular formula is C23H26N2O4. The number of carbonyl (C=O) groups is 1. The normalized spacial score (nSPS) is 11.8. The first-order chi connectivity index (χ1) is 13.9. The van der Waals surface area contributed by atoms with Gasteiger partial charge in [-0.1, -0.05) is 70.5 Å². The summed E-state index contributed by atoms with van der Waals surface area (Å²) in [6.07, 6.45) is 0. The van der Waals surface area contributed by atoms with Crippen LogP contribution in [0, 0.1) is 6.92 Å². The van der Waals surface area contributed by atoms with Crippen LogP contribution in [0.4, 0.5) is 0 Å². The molecule has 0 fully saturated rings. The zero-order valence-electron chi connectivity index (χ0n) is 17.5. The van der Waals surface area contributed by atoms with Gasteiger partial charge in [0.05, 0.1) is 12.8 Å². The fourth-order valence-electron chi connectivity index (χ4n) is 2.86. The number of benzene rings is 2. The molecule has 0 radical (unpaired) electrons. The van der Waals surface area contributed by atoms with Gasteiger partial charge in [0.1, 0.15) is 13.7 Å². The lowest BCUT2D eigenvalue weighted by Gasteiger charge is -2.15. The molecule has 0 aliphatic rings. The molecule has 0 aromatic heterocycles. The van der Waals surface area contributed by atoms with Crippen LogP contribution in [0.25, 0.3) is 5.57 Å². The van der Waals surface area contributed by atoms with Crippen LogP contribution < -0.4 is 0 Å². The molecule has 2 aromatic carbocycles. The average molecular weight is 394 g/mol. The Morgan fingerprint density at radius 2 is 1.72 bits per heavy atom. The lowest BCUT2D eigenvalue weighted by molar-refractivity contribution is -0.132. The predicted octanol–water partition coefficient (Wildman–Crippen LogP) is 4.49. The standard InChI is InChI=1S/C23H26N2O4/c1-15(2)19-11-8-12-20(22(25-28-6)23(26)27-5)21(19)14-29-24-17(4)18-10-7-9-16(3)13-18/h7-13H,1,14H2,2-6H3/b24-17+,25-22+. The van der Waals surface area contributed by atoms with E-state index >= 15 is 0 Å². The molecule has 152 valence electrons. The van der Waals surface area contributed by atoms with Gasteiger partial charge < -0.3 is 14.4 Å². The summed E-state index contributed by atoms with van der Waals surface area (Å²) in [4.78, 5) is 22.7. The summed E-state index contributed by atoms with van der Waals surface area (Å²) in [5.74, 6) is -0.605. The highest BCUT2D eigenvalue weighted by Gasteiger charge is 2.22. The van der Waals surface area contributed by atoms with Gasteiger partial charge in [-0.15, -0.1) is 0 Å². The Kier molecular flexibility index (Phi) is 7.71. The molecule has 0 amide bonds. The second-order valence-corrected chi connectivity index (χ2v) is 6.55. The number of esters is 1. The van der Waals surface area contributed by atoms with Crippen LogP contribution in [-0.4, -0.2) is 31.6 Å². The molecule has 6 nitrogen and oxygen atoms in total. The summed E-state index contributed by atoms with van der Waals surface area (Å²) >= 11 is 0. The minimum absolute atomic E-state index is 0.0519. The molecule has 6 heteroatoms. The highest BCUT2D eigenvalue weighted by atomic mass is 16.6. The molecule has 2 aromatic rings. The van der Waals surface area contributed by atoms with Crippen molar-refractivity contribution in [2.24, 2.45) is 10.3 Å². The van der Waals surface area contributed by atoms with Gasteiger partial charge in [0.25, 0.3) is 0 Å². The number of rotatable bonds is 8. The number of aryl methyl sites for hydroxylation is 1. The fourth-order valence-corrected chi connectivity index (χ4v) is 2.86. The number of hydrogen-bond acceptors (Lipinski definition) is 6. The number of allylic oxidation sites excluding steroid dienone is 1. The summed E-state index contributed by atoms with van der Waals surface area (Å²) in [5, 5.41) is 8.09. The molecule has 2 rings (SSSR count). The van der Waals surface area contributed by atoms with Crippen LogP contribution in [0.2, 0.25) is 0 Å². The van der Waals surface area contributed by atoms with Crippen LogP contribution in [0.15, 0.2) is 59.4 Å². The van der Waals surface area contributed by atoms with Crippen molar-refractivity contribution in [1.29, 1.82) is 0 Å². The highest BCUT2D eigenvalue weighted by Crippen LogP contribution is 2.24. The maximum Gasteiger partial charge on any atom is 0.360 e. The third kappa shape index (κ3) is 5.54. The van der Waals surface area contributed by atoms with E-state index in [9.17, 15) is 4.79 Å².